The molecule has 0 spiro atoms. The molecule has 0 aromatic carbocycles. The number of pyridine rings is 1. The van der Waals surface area contributed by atoms with Gasteiger partial charge in [-0.25, -0.2) is 4.98 Å². The van der Waals surface area contributed by atoms with Crippen LogP contribution in [0.3, 0.4) is 0 Å². The Balaban J connectivity index is 1.60. The van der Waals surface area contributed by atoms with Crippen LogP contribution in [-0.2, 0) is 4.79 Å². The van der Waals surface area contributed by atoms with Crippen LogP contribution in [0.25, 0.3) is 0 Å². The van der Waals surface area contributed by atoms with Crippen molar-refractivity contribution < 1.29 is 4.79 Å². The van der Waals surface area contributed by atoms with Gasteiger partial charge in [-0.2, -0.15) is 0 Å². The Morgan fingerprint density at radius 1 is 1.08 bits per heavy atom. The quantitative estimate of drug-likeness (QED) is 0.851. The molecule has 0 radical (unpaired) electrons. The van der Waals surface area contributed by atoms with E-state index in [1.807, 2.05) is 18.1 Å². The van der Waals surface area contributed by atoms with Gasteiger partial charge in [0.25, 0.3) is 0 Å². The van der Waals surface area contributed by atoms with Crippen molar-refractivity contribution in [2.45, 2.75) is 69.5 Å². The Kier molecular flexibility index (Phi) is 4.78. The zero-order valence-corrected chi connectivity index (χ0v) is 15.9. The Hall–Kier alpha value is -1.82. The summed E-state index contributed by atoms with van der Waals surface area (Å²) in [5.41, 5.74) is 8.05. The van der Waals surface area contributed by atoms with Crippen molar-refractivity contribution in [2.24, 2.45) is 11.7 Å². The molecule has 4 rings (SSSR count). The van der Waals surface area contributed by atoms with E-state index in [1.165, 1.54) is 6.42 Å². The molecule has 1 aromatic rings. The summed E-state index contributed by atoms with van der Waals surface area (Å²) in [6.45, 7) is 0. The second-order valence-corrected chi connectivity index (χ2v) is 8.28. The zero-order chi connectivity index (χ0) is 18.3. The van der Waals surface area contributed by atoms with Crippen LogP contribution in [0.1, 0.15) is 51.4 Å². The Morgan fingerprint density at radius 3 is 2.58 bits per heavy atom. The van der Waals surface area contributed by atoms with Crippen LogP contribution in [0, 0.1) is 5.92 Å². The van der Waals surface area contributed by atoms with Gasteiger partial charge in [-0.05, 0) is 38.5 Å². The molecule has 3 N–H and O–H groups in total. The van der Waals surface area contributed by atoms with Crippen molar-refractivity contribution in [3.8, 4) is 0 Å². The lowest BCUT2D eigenvalue weighted by Crippen LogP contribution is -2.44. The first-order valence-corrected chi connectivity index (χ1v) is 10.1. The summed E-state index contributed by atoms with van der Waals surface area (Å²) in [7, 11) is 4.03. The first kappa shape index (κ1) is 17.6. The van der Waals surface area contributed by atoms with E-state index < -0.39 is 0 Å². The van der Waals surface area contributed by atoms with Crippen molar-refractivity contribution >= 4 is 23.1 Å². The van der Waals surface area contributed by atoms with E-state index >= 15 is 0 Å². The largest absolute Gasteiger partial charge is 0.369 e. The average molecular weight is 358 g/mol. The second kappa shape index (κ2) is 7.06. The molecule has 2 atom stereocenters. The molecule has 1 amide bonds. The molecule has 2 fully saturated rings. The predicted octanol–water partition coefficient (Wildman–Crippen LogP) is 2.73. The van der Waals surface area contributed by atoms with Crippen LogP contribution in [-0.4, -0.2) is 43.1 Å². The van der Waals surface area contributed by atoms with Gasteiger partial charge in [-0.3, -0.25) is 4.79 Å². The highest BCUT2D eigenvalue weighted by atomic mass is 16.2. The SMILES string of the molecule is CN1C(=O)C2CCCCC2N(C)c2cc(NC3CCC(N)CC3)ncc21. The summed E-state index contributed by atoms with van der Waals surface area (Å²) in [6.07, 6.45) is 10.6. The summed E-state index contributed by atoms with van der Waals surface area (Å²) in [5.74, 6) is 1.25. The number of fused-ring (bicyclic) bond motifs is 2. The van der Waals surface area contributed by atoms with Crippen molar-refractivity contribution in [2.75, 3.05) is 29.2 Å². The molecule has 6 heteroatoms. The molecule has 2 unspecified atom stereocenters. The van der Waals surface area contributed by atoms with Gasteiger partial charge in [0.15, 0.2) is 0 Å². The van der Waals surface area contributed by atoms with Crippen LogP contribution in [0.5, 0.6) is 0 Å². The van der Waals surface area contributed by atoms with Crippen molar-refractivity contribution in [1.82, 2.24) is 4.98 Å². The van der Waals surface area contributed by atoms with Gasteiger partial charge in [0.2, 0.25) is 5.91 Å². The maximum atomic E-state index is 13.0. The number of hydrogen-bond donors (Lipinski definition) is 2. The van der Waals surface area contributed by atoms with Gasteiger partial charge in [0, 0.05) is 38.3 Å². The lowest BCUT2D eigenvalue weighted by Gasteiger charge is -2.36. The number of nitrogens with one attached hydrogen (secondary N) is 1. The number of anilines is 3. The first-order chi connectivity index (χ1) is 12.5. The summed E-state index contributed by atoms with van der Waals surface area (Å²) >= 11 is 0. The topological polar surface area (TPSA) is 74.5 Å². The highest BCUT2D eigenvalue weighted by Crippen LogP contribution is 2.41. The number of rotatable bonds is 2. The van der Waals surface area contributed by atoms with E-state index in [1.54, 1.807) is 0 Å². The third kappa shape index (κ3) is 3.15. The van der Waals surface area contributed by atoms with Gasteiger partial charge >= 0.3 is 0 Å². The molecule has 1 aliphatic heterocycles. The molecule has 2 heterocycles. The molecule has 142 valence electrons. The maximum Gasteiger partial charge on any atom is 0.232 e. The van der Waals surface area contributed by atoms with Gasteiger partial charge in [-0.1, -0.05) is 12.8 Å². The lowest BCUT2D eigenvalue weighted by atomic mass is 9.83. The third-order valence-electron chi connectivity index (χ3n) is 6.60. The smallest absolute Gasteiger partial charge is 0.232 e. The monoisotopic (exact) mass is 357 g/mol. The Labute approximate surface area is 156 Å². The molecular weight excluding hydrogens is 326 g/mol. The molecular formula is C20H31N5O. The molecule has 3 aliphatic rings. The third-order valence-corrected chi connectivity index (χ3v) is 6.60. The number of aromatic nitrogens is 1. The highest BCUT2D eigenvalue weighted by molar-refractivity contribution is 6.00. The number of nitrogens with two attached hydrogens (primary N) is 1. The van der Waals surface area contributed by atoms with Crippen LogP contribution >= 0.6 is 0 Å². The summed E-state index contributed by atoms with van der Waals surface area (Å²) in [4.78, 5) is 21.7. The molecule has 1 aromatic heterocycles. The predicted molar refractivity (Wildman–Crippen MR) is 106 cm³/mol. The minimum Gasteiger partial charge on any atom is -0.369 e. The first-order valence-electron chi connectivity index (χ1n) is 10.1. The standard InChI is InChI=1S/C20H31N5O/c1-24-16-6-4-3-5-15(16)20(26)25(2)18-12-22-19(11-17(18)24)23-14-9-7-13(21)8-10-14/h11-16H,3-10,21H2,1-2H3,(H,22,23). The minimum atomic E-state index is 0.0994. The normalized spacial score (nSPS) is 31.9. The van der Waals surface area contributed by atoms with Crippen LogP contribution in [0.4, 0.5) is 17.2 Å². The Morgan fingerprint density at radius 2 is 1.81 bits per heavy atom. The van der Waals surface area contributed by atoms with E-state index in [2.05, 4.69) is 28.3 Å². The van der Waals surface area contributed by atoms with Crippen LogP contribution in [0.15, 0.2) is 12.3 Å². The summed E-state index contributed by atoms with van der Waals surface area (Å²) < 4.78 is 0. The summed E-state index contributed by atoms with van der Waals surface area (Å²) in [6, 6.07) is 3.22. The average Bonchev–Trinajstić information content (AvgIpc) is 2.74. The van der Waals surface area contributed by atoms with E-state index in [-0.39, 0.29) is 11.8 Å². The second-order valence-electron chi connectivity index (χ2n) is 8.28. The van der Waals surface area contributed by atoms with Gasteiger partial charge in [0.1, 0.15) is 5.82 Å². The molecule has 6 nitrogen and oxygen atoms in total. The maximum absolute atomic E-state index is 13.0. The van der Waals surface area contributed by atoms with Crippen molar-refractivity contribution in [3.63, 3.8) is 0 Å². The molecule has 2 aliphatic carbocycles. The van der Waals surface area contributed by atoms with Gasteiger partial charge in [-0.15, -0.1) is 0 Å². The summed E-state index contributed by atoms with van der Waals surface area (Å²) in [5, 5.41) is 3.59. The van der Waals surface area contributed by atoms with E-state index in [0.29, 0.717) is 18.1 Å². The van der Waals surface area contributed by atoms with Gasteiger partial charge < -0.3 is 20.9 Å². The van der Waals surface area contributed by atoms with E-state index in [9.17, 15) is 4.79 Å². The van der Waals surface area contributed by atoms with Crippen molar-refractivity contribution in [3.05, 3.63) is 12.3 Å². The fraction of sp³-hybridized carbons (Fsp3) is 0.700. The van der Waals surface area contributed by atoms with E-state index in [4.69, 9.17) is 5.73 Å². The zero-order valence-electron chi connectivity index (χ0n) is 15.9. The van der Waals surface area contributed by atoms with Gasteiger partial charge in [0.05, 0.1) is 23.5 Å². The van der Waals surface area contributed by atoms with Crippen LogP contribution in [0.2, 0.25) is 0 Å². The number of nitrogens with zero attached hydrogens (tertiary/aromatic N) is 3. The number of hydrogen-bond acceptors (Lipinski definition) is 5. The minimum absolute atomic E-state index is 0.0994. The number of carbonyl (C=O) groups excluding carboxylic acids is 1. The molecule has 0 bridgehead atoms. The van der Waals surface area contributed by atoms with E-state index in [0.717, 1.165) is 62.1 Å². The fourth-order valence-corrected chi connectivity index (χ4v) is 4.94. The number of amides is 1. The molecule has 2 saturated carbocycles. The molecule has 0 saturated heterocycles. The van der Waals surface area contributed by atoms with Crippen molar-refractivity contribution in [1.29, 1.82) is 0 Å². The Bertz CT molecular complexity index is 670. The van der Waals surface area contributed by atoms with Crippen LogP contribution < -0.4 is 20.9 Å². The highest BCUT2D eigenvalue weighted by Gasteiger charge is 2.39. The number of carbonyl (C=O) groups is 1. The lowest BCUT2D eigenvalue weighted by molar-refractivity contribution is -0.123. The molecule has 26 heavy (non-hydrogen) atoms. The fourth-order valence-electron chi connectivity index (χ4n) is 4.94.